The van der Waals surface area contributed by atoms with E-state index in [1.165, 1.54) is 5.56 Å². The molecule has 1 fully saturated rings. The van der Waals surface area contributed by atoms with Crippen LogP contribution in [0, 0.1) is 0 Å². The lowest BCUT2D eigenvalue weighted by atomic mass is 10.0. The van der Waals surface area contributed by atoms with Gasteiger partial charge in [0.1, 0.15) is 5.75 Å². The molecule has 33 heavy (non-hydrogen) atoms. The second-order valence-electron chi connectivity index (χ2n) is 8.32. The highest BCUT2D eigenvalue weighted by molar-refractivity contribution is 5.92. The molecule has 1 amide bonds. The standard InChI is InChI=1S/C27H36N2O4/c1-4-5-18-33-25-12-10-21(19-26(25)32-3)11-13-27(30)28-23-14-16-29(17-15-23)20-22-8-6-7-9-24(22)31-2/h6-13,19,23H,4-5,14-18,20H2,1-3H3,(H,28,30). The molecule has 0 radical (unpaired) electrons. The average molecular weight is 453 g/mol. The lowest BCUT2D eigenvalue weighted by Crippen LogP contribution is -2.43. The minimum atomic E-state index is -0.0691. The van der Waals surface area contributed by atoms with Crippen molar-refractivity contribution in [2.75, 3.05) is 33.9 Å². The Morgan fingerprint density at radius 1 is 1.06 bits per heavy atom. The van der Waals surface area contributed by atoms with Crippen molar-refractivity contribution in [3.8, 4) is 17.2 Å². The molecule has 0 saturated carbocycles. The Hall–Kier alpha value is -2.99. The summed E-state index contributed by atoms with van der Waals surface area (Å²) in [5.74, 6) is 2.26. The van der Waals surface area contributed by atoms with E-state index in [1.807, 2.05) is 42.5 Å². The summed E-state index contributed by atoms with van der Waals surface area (Å²) in [6.07, 6.45) is 7.36. The van der Waals surface area contributed by atoms with Crippen LogP contribution in [0.25, 0.3) is 6.08 Å². The monoisotopic (exact) mass is 452 g/mol. The third kappa shape index (κ3) is 7.53. The van der Waals surface area contributed by atoms with Gasteiger partial charge in [-0.15, -0.1) is 0 Å². The van der Waals surface area contributed by atoms with Gasteiger partial charge in [0.05, 0.1) is 20.8 Å². The lowest BCUT2D eigenvalue weighted by Gasteiger charge is -2.32. The fourth-order valence-corrected chi connectivity index (χ4v) is 3.96. The molecule has 1 N–H and O–H groups in total. The van der Waals surface area contributed by atoms with Gasteiger partial charge in [-0.2, -0.15) is 0 Å². The van der Waals surface area contributed by atoms with Crippen molar-refractivity contribution in [1.82, 2.24) is 10.2 Å². The largest absolute Gasteiger partial charge is 0.496 e. The van der Waals surface area contributed by atoms with Crippen LogP contribution >= 0.6 is 0 Å². The summed E-state index contributed by atoms with van der Waals surface area (Å²) >= 11 is 0. The molecule has 2 aromatic carbocycles. The number of benzene rings is 2. The maximum absolute atomic E-state index is 12.5. The third-order valence-corrected chi connectivity index (χ3v) is 5.89. The third-order valence-electron chi connectivity index (χ3n) is 5.89. The summed E-state index contributed by atoms with van der Waals surface area (Å²) in [4.78, 5) is 14.9. The van der Waals surface area contributed by atoms with E-state index in [-0.39, 0.29) is 11.9 Å². The van der Waals surface area contributed by atoms with Crippen molar-refractivity contribution >= 4 is 12.0 Å². The summed E-state index contributed by atoms with van der Waals surface area (Å²) in [6.45, 7) is 5.56. The Bertz CT molecular complexity index is 920. The molecule has 0 spiro atoms. The molecule has 3 rings (SSSR count). The summed E-state index contributed by atoms with van der Waals surface area (Å²) in [5, 5.41) is 3.14. The molecular weight excluding hydrogens is 416 g/mol. The van der Waals surface area contributed by atoms with Crippen LogP contribution in [-0.2, 0) is 11.3 Å². The van der Waals surface area contributed by atoms with E-state index in [0.29, 0.717) is 12.4 Å². The normalized spacial score (nSPS) is 14.9. The number of carbonyl (C=O) groups is 1. The summed E-state index contributed by atoms with van der Waals surface area (Å²) < 4.78 is 16.7. The molecule has 1 aliphatic rings. The first-order chi connectivity index (χ1) is 16.1. The van der Waals surface area contributed by atoms with Gasteiger partial charge in [-0.3, -0.25) is 9.69 Å². The highest BCUT2D eigenvalue weighted by Gasteiger charge is 2.20. The van der Waals surface area contributed by atoms with E-state index >= 15 is 0 Å². The lowest BCUT2D eigenvalue weighted by molar-refractivity contribution is -0.117. The minimum Gasteiger partial charge on any atom is -0.496 e. The highest BCUT2D eigenvalue weighted by atomic mass is 16.5. The number of nitrogens with one attached hydrogen (secondary N) is 1. The number of unbranched alkanes of at least 4 members (excludes halogenated alkanes) is 1. The van der Waals surface area contributed by atoms with Gasteiger partial charge in [0.2, 0.25) is 5.91 Å². The van der Waals surface area contributed by atoms with Gasteiger partial charge in [0.25, 0.3) is 0 Å². The number of carbonyl (C=O) groups excluding carboxylic acids is 1. The number of methoxy groups -OCH3 is 2. The van der Waals surface area contributed by atoms with E-state index in [4.69, 9.17) is 14.2 Å². The molecular formula is C27H36N2O4. The smallest absolute Gasteiger partial charge is 0.244 e. The Morgan fingerprint density at radius 3 is 2.55 bits per heavy atom. The van der Waals surface area contributed by atoms with Crippen LogP contribution in [0.1, 0.15) is 43.7 Å². The van der Waals surface area contributed by atoms with Crippen LogP contribution in [0.5, 0.6) is 17.2 Å². The van der Waals surface area contributed by atoms with Crippen LogP contribution in [0.15, 0.2) is 48.5 Å². The fraction of sp³-hybridized carbons (Fsp3) is 0.444. The van der Waals surface area contributed by atoms with Gasteiger partial charge in [-0.25, -0.2) is 0 Å². The summed E-state index contributed by atoms with van der Waals surface area (Å²) in [6, 6.07) is 14.0. The predicted molar refractivity (Wildman–Crippen MR) is 132 cm³/mol. The molecule has 178 valence electrons. The van der Waals surface area contributed by atoms with Gasteiger partial charge in [0.15, 0.2) is 11.5 Å². The molecule has 0 bridgehead atoms. The minimum absolute atomic E-state index is 0.0691. The van der Waals surface area contributed by atoms with Crippen LogP contribution < -0.4 is 19.5 Å². The van der Waals surface area contributed by atoms with Crippen molar-refractivity contribution < 1.29 is 19.0 Å². The molecule has 6 nitrogen and oxygen atoms in total. The number of hydrogen-bond acceptors (Lipinski definition) is 5. The van der Waals surface area contributed by atoms with Crippen molar-refractivity contribution in [1.29, 1.82) is 0 Å². The average Bonchev–Trinajstić information content (AvgIpc) is 2.85. The molecule has 2 aromatic rings. The SMILES string of the molecule is CCCCOc1ccc(C=CC(=O)NC2CCN(Cc3ccccc3OC)CC2)cc1OC. The Labute approximate surface area is 197 Å². The zero-order chi connectivity index (χ0) is 23.5. The Kier molecular flexibility index (Phi) is 9.63. The molecule has 0 aliphatic carbocycles. The Balaban J connectivity index is 1.46. The summed E-state index contributed by atoms with van der Waals surface area (Å²) in [5.41, 5.74) is 2.10. The van der Waals surface area contributed by atoms with Gasteiger partial charge in [0, 0.05) is 37.3 Å². The highest BCUT2D eigenvalue weighted by Crippen LogP contribution is 2.29. The van der Waals surface area contributed by atoms with Gasteiger partial charge < -0.3 is 19.5 Å². The zero-order valence-corrected chi connectivity index (χ0v) is 20.0. The molecule has 0 atom stereocenters. The maximum atomic E-state index is 12.5. The quantitative estimate of drug-likeness (QED) is 0.396. The molecule has 1 saturated heterocycles. The van der Waals surface area contributed by atoms with Crippen LogP contribution in [-0.4, -0.2) is 50.8 Å². The first kappa shape index (κ1) is 24.6. The van der Waals surface area contributed by atoms with Gasteiger partial charge in [-0.05, 0) is 49.1 Å². The van der Waals surface area contributed by atoms with Gasteiger partial charge in [-0.1, -0.05) is 37.6 Å². The number of likely N-dealkylation sites (tertiary alicyclic amines) is 1. The number of para-hydroxylation sites is 1. The molecule has 0 aromatic heterocycles. The number of ether oxygens (including phenoxy) is 3. The first-order valence-electron chi connectivity index (χ1n) is 11.8. The van der Waals surface area contributed by atoms with Crippen molar-refractivity contribution in [2.45, 2.75) is 45.2 Å². The predicted octanol–water partition coefficient (Wildman–Crippen LogP) is 4.68. The van der Waals surface area contributed by atoms with Crippen LogP contribution in [0.2, 0.25) is 0 Å². The first-order valence-corrected chi connectivity index (χ1v) is 11.8. The van der Waals surface area contributed by atoms with Crippen molar-refractivity contribution in [2.24, 2.45) is 0 Å². The number of piperidine rings is 1. The number of nitrogens with zero attached hydrogens (tertiary/aromatic N) is 1. The second kappa shape index (κ2) is 12.9. The van der Waals surface area contributed by atoms with E-state index in [0.717, 1.165) is 62.4 Å². The fourth-order valence-electron chi connectivity index (χ4n) is 3.96. The van der Waals surface area contributed by atoms with Crippen molar-refractivity contribution in [3.05, 3.63) is 59.7 Å². The second-order valence-corrected chi connectivity index (χ2v) is 8.32. The number of hydrogen-bond donors (Lipinski definition) is 1. The zero-order valence-electron chi connectivity index (χ0n) is 20.0. The van der Waals surface area contributed by atoms with E-state index in [2.05, 4.69) is 23.2 Å². The van der Waals surface area contributed by atoms with Crippen LogP contribution in [0.4, 0.5) is 0 Å². The molecule has 6 heteroatoms. The molecule has 1 heterocycles. The molecule has 0 unspecified atom stereocenters. The van der Waals surface area contributed by atoms with Crippen LogP contribution in [0.3, 0.4) is 0 Å². The van der Waals surface area contributed by atoms with E-state index < -0.39 is 0 Å². The van der Waals surface area contributed by atoms with Crippen molar-refractivity contribution in [3.63, 3.8) is 0 Å². The molecule has 1 aliphatic heterocycles. The van der Waals surface area contributed by atoms with Gasteiger partial charge >= 0.3 is 0 Å². The van der Waals surface area contributed by atoms with E-state index in [1.54, 1.807) is 20.3 Å². The maximum Gasteiger partial charge on any atom is 0.244 e. The van der Waals surface area contributed by atoms with E-state index in [9.17, 15) is 4.79 Å². The summed E-state index contributed by atoms with van der Waals surface area (Å²) in [7, 11) is 3.34. The Morgan fingerprint density at radius 2 is 1.82 bits per heavy atom. The topological polar surface area (TPSA) is 60.0 Å². The number of amides is 1. The number of rotatable bonds is 11.